The van der Waals surface area contributed by atoms with E-state index < -0.39 is 0 Å². The Morgan fingerprint density at radius 1 is 0.963 bits per heavy atom. The number of carbonyl (C=O) groups excluding carboxylic acids is 3. The van der Waals surface area contributed by atoms with Crippen molar-refractivity contribution in [3.8, 4) is 0 Å². The molecule has 4 rings (SSSR count). The molecule has 1 aliphatic carbocycles. The zero-order valence-corrected chi connectivity index (χ0v) is 15.4. The van der Waals surface area contributed by atoms with Crippen molar-refractivity contribution in [2.75, 3.05) is 6.54 Å². The Morgan fingerprint density at radius 2 is 1.59 bits per heavy atom. The van der Waals surface area contributed by atoms with E-state index in [1.54, 1.807) is 12.1 Å². The fourth-order valence-corrected chi connectivity index (χ4v) is 4.23. The van der Waals surface area contributed by atoms with Gasteiger partial charge in [-0.2, -0.15) is 0 Å². The van der Waals surface area contributed by atoms with Crippen LogP contribution in [0.5, 0.6) is 0 Å². The highest BCUT2D eigenvalue weighted by molar-refractivity contribution is 6.25. The minimum Gasteiger partial charge on any atom is -0.353 e. The summed E-state index contributed by atoms with van der Waals surface area (Å²) >= 11 is 0. The van der Waals surface area contributed by atoms with E-state index in [0.717, 1.165) is 23.6 Å². The van der Waals surface area contributed by atoms with Gasteiger partial charge >= 0.3 is 0 Å². The second kappa shape index (κ2) is 7.51. The zero-order chi connectivity index (χ0) is 18.8. The first-order chi connectivity index (χ1) is 13.1. The summed E-state index contributed by atoms with van der Waals surface area (Å²) in [5.74, 6) is -0.518. The zero-order valence-electron chi connectivity index (χ0n) is 15.4. The van der Waals surface area contributed by atoms with Crippen LogP contribution in [-0.2, 0) is 4.79 Å². The molecular formula is C22H24N2O3. The quantitative estimate of drug-likeness (QED) is 0.823. The standard InChI is InChI=1S/C22H24N2O3/c25-19(23-16-9-2-1-3-10-16)13-6-14-24-21(26)17-11-4-7-15-8-5-12-18(20(15)17)22(24)27/h4-5,7-8,11-12,16H,1-3,6,9-10,13-14H2,(H,23,25). The van der Waals surface area contributed by atoms with Crippen molar-refractivity contribution in [2.24, 2.45) is 0 Å². The van der Waals surface area contributed by atoms with Gasteiger partial charge in [0, 0.05) is 35.5 Å². The summed E-state index contributed by atoms with van der Waals surface area (Å²) < 4.78 is 0. The van der Waals surface area contributed by atoms with Crippen LogP contribution in [-0.4, -0.2) is 35.2 Å². The lowest BCUT2D eigenvalue weighted by molar-refractivity contribution is -0.122. The molecule has 1 fully saturated rings. The molecule has 2 aromatic rings. The van der Waals surface area contributed by atoms with E-state index in [0.29, 0.717) is 24.0 Å². The summed E-state index contributed by atoms with van der Waals surface area (Å²) in [7, 11) is 0. The van der Waals surface area contributed by atoms with Crippen molar-refractivity contribution in [1.29, 1.82) is 0 Å². The van der Waals surface area contributed by atoms with Crippen LogP contribution in [0.25, 0.3) is 10.8 Å². The molecule has 5 nitrogen and oxygen atoms in total. The van der Waals surface area contributed by atoms with Crippen LogP contribution in [0.3, 0.4) is 0 Å². The van der Waals surface area contributed by atoms with Crippen molar-refractivity contribution in [2.45, 2.75) is 51.0 Å². The van der Waals surface area contributed by atoms with Crippen molar-refractivity contribution < 1.29 is 14.4 Å². The van der Waals surface area contributed by atoms with E-state index in [4.69, 9.17) is 0 Å². The monoisotopic (exact) mass is 364 g/mol. The van der Waals surface area contributed by atoms with Gasteiger partial charge in [-0.1, -0.05) is 43.5 Å². The van der Waals surface area contributed by atoms with Gasteiger partial charge in [0.25, 0.3) is 11.8 Å². The predicted molar refractivity (Wildman–Crippen MR) is 104 cm³/mol. The molecule has 2 aromatic carbocycles. The topological polar surface area (TPSA) is 66.5 Å². The molecule has 1 heterocycles. The van der Waals surface area contributed by atoms with E-state index in [1.807, 2.05) is 24.3 Å². The Hall–Kier alpha value is -2.69. The highest BCUT2D eigenvalue weighted by Gasteiger charge is 2.32. The number of hydrogen-bond acceptors (Lipinski definition) is 3. The molecule has 1 N–H and O–H groups in total. The van der Waals surface area contributed by atoms with Crippen LogP contribution >= 0.6 is 0 Å². The van der Waals surface area contributed by atoms with E-state index in [9.17, 15) is 14.4 Å². The number of hydrogen-bond donors (Lipinski definition) is 1. The molecule has 1 aliphatic heterocycles. The lowest BCUT2D eigenvalue weighted by atomic mass is 9.94. The van der Waals surface area contributed by atoms with Crippen molar-refractivity contribution >= 4 is 28.5 Å². The molecule has 1 saturated carbocycles. The van der Waals surface area contributed by atoms with E-state index in [2.05, 4.69) is 5.32 Å². The van der Waals surface area contributed by atoms with Crippen LogP contribution in [0.4, 0.5) is 0 Å². The predicted octanol–water partition coefficient (Wildman–Crippen LogP) is 3.66. The molecule has 0 atom stereocenters. The maximum Gasteiger partial charge on any atom is 0.261 e. The number of amides is 3. The third-order valence-corrected chi connectivity index (χ3v) is 5.61. The first kappa shape index (κ1) is 17.7. The Bertz CT molecular complexity index is 849. The SMILES string of the molecule is O=C(CCCN1C(=O)c2cccc3cccc(c23)C1=O)NC1CCCCC1. The van der Waals surface area contributed by atoms with Gasteiger partial charge in [-0.15, -0.1) is 0 Å². The van der Waals surface area contributed by atoms with Gasteiger partial charge in [-0.3, -0.25) is 19.3 Å². The number of nitrogens with zero attached hydrogens (tertiary/aromatic N) is 1. The molecule has 3 amide bonds. The fourth-order valence-electron chi connectivity index (χ4n) is 4.23. The first-order valence-corrected chi connectivity index (χ1v) is 9.82. The normalized spacial score (nSPS) is 17.4. The number of nitrogens with one attached hydrogen (secondary N) is 1. The summed E-state index contributed by atoms with van der Waals surface area (Å²) in [6, 6.07) is 11.3. The fraction of sp³-hybridized carbons (Fsp3) is 0.409. The molecule has 0 bridgehead atoms. The Balaban J connectivity index is 1.41. The Kier molecular flexibility index (Phi) is 4.92. The molecule has 0 unspecified atom stereocenters. The summed E-state index contributed by atoms with van der Waals surface area (Å²) in [6.07, 6.45) is 6.51. The van der Waals surface area contributed by atoms with Crippen molar-refractivity contribution in [3.05, 3.63) is 47.5 Å². The average Bonchev–Trinajstić information content (AvgIpc) is 2.69. The number of rotatable bonds is 5. The molecular weight excluding hydrogens is 340 g/mol. The molecule has 27 heavy (non-hydrogen) atoms. The first-order valence-electron chi connectivity index (χ1n) is 9.82. The molecule has 5 heteroatoms. The number of imide groups is 1. The minimum absolute atomic E-state index is 0.0151. The lowest BCUT2D eigenvalue weighted by Crippen LogP contribution is -2.41. The second-order valence-electron chi connectivity index (χ2n) is 7.48. The van der Waals surface area contributed by atoms with Gasteiger partial charge < -0.3 is 5.32 Å². The summed E-state index contributed by atoms with van der Waals surface area (Å²) in [4.78, 5) is 39.1. The minimum atomic E-state index is -0.267. The molecule has 140 valence electrons. The van der Waals surface area contributed by atoms with Gasteiger partial charge in [-0.25, -0.2) is 0 Å². The van der Waals surface area contributed by atoms with Crippen LogP contribution in [0, 0.1) is 0 Å². The van der Waals surface area contributed by atoms with Crippen LogP contribution in [0.1, 0.15) is 65.7 Å². The maximum absolute atomic E-state index is 12.8. The highest BCUT2D eigenvalue weighted by Crippen LogP contribution is 2.30. The van der Waals surface area contributed by atoms with E-state index in [-0.39, 0.29) is 30.3 Å². The van der Waals surface area contributed by atoms with Crippen molar-refractivity contribution in [3.63, 3.8) is 0 Å². The highest BCUT2D eigenvalue weighted by atomic mass is 16.2. The maximum atomic E-state index is 12.8. The average molecular weight is 364 g/mol. The number of benzene rings is 2. The molecule has 0 aromatic heterocycles. The van der Waals surface area contributed by atoms with Gasteiger partial charge in [0.2, 0.25) is 5.91 Å². The lowest BCUT2D eigenvalue weighted by Gasteiger charge is -2.27. The van der Waals surface area contributed by atoms with Crippen LogP contribution < -0.4 is 5.32 Å². The summed E-state index contributed by atoms with van der Waals surface area (Å²) in [5, 5.41) is 4.72. The van der Waals surface area contributed by atoms with Gasteiger partial charge in [-0.05, 0) is 36.8 Å². The molecule has 0 spiro atoms. The van der Waals surface area contributed by atoms with Crippen LogP contribution in [0.15, 0.2) is 36.4 Å². The van der Waals surface area contributed by atoms with E-state index in [1.165, 1.54) is 24.2 Å². The largest absolute Gasteiger partial charge is 0.353 e. The summed E-state index contributed by atoms with van der Waals surface area (Å²) in [6.45, 7) is 0.264. The number of carbonyl (C=O) groups is 3. The summed E-state index contributed by atoms with van der Waals surface area (Å²) in [5.41, 5.74) is 1.13. The third kappa shape index (κ3) is 3.46. The van der Waals surface area contributed by atoms with E-state index >= 15 is 0 Å². The molecule has 0 radical (unpaired) electrons. The Morgan fingerprint density at radius 3 is 2.22 bits per heavy atom. The molecule has 2 aliphatic rings. The van der Waals surface area contributed by atoms with Crippen LogP contribution in [0.2, 0.25) is 0 Å². The Labute approximate surface area is 158 Å². The van der Waals surface area contributed by atoms with Gasteiger partial charge in [0.15, 0.2) is 0 Å². The van der Waals surface area contributed by atoms with Gasteiger partial charge in [0.05, 0.1) is 0 Å². The smallest absolute Gasteiger partial charge is 0.261 e. The van der Waals surface area contributed by atoms with Gasteiger partial charge in [0.1, 0.15) is 0 Å². The third-order valence-electron chi connectivity index (χ3n) is 5.61. The second-order valence-corrected chi connectivity index (χ2v) is 7.48. The van der Waals surface area contributed by atoms with Crippen molar-refractivity contribution in [1.82, 2.24) is 10.2 Å². The molecule has 0 saturated heterocycles.